The molecule has 218 valence electrons. The molecule has 1 spiro atoms. The molecule has 2 bridgehead atoms. The zero-order valence-corrected chi connectivity index (χ0v) is 24.6. The summed E-state index contributed by atoms with van der Waals surface area (Å²) in [6.07, 6.45) is 7.45. The van der Waals surface area contributed by atoms with Crippen molar-refractivity contribution in [1.82, 2.24) is 4.90 Å². The van der Waals surface area contributed by atoms with Gasteiger partial charge in [0.05, 0.1) is 29.8 Å². The first-order chi connectivity index (χ1) is 19.4. The van der Waals surface area contributed by atoms with Crippen LogP contribution in [0.2, 0.25) is 0 Å². The van der Waals surface area contributed by atoms with E-state index in [4.69, 9.17) is 4.74 Å². The molecule has 0 aromatic heterocycles. The Labute approximate surface area is 242 Å². The van der Waals surface area contributed by atoms with E-state index in [-0.39, 0.29) is 42.7 Å². The van der Waals surface area contributed by atoms with Gasteiger partial charge in [-0.1, -0.05) is 12.2 Å². The third-order valence-corrected chi connectivity index (χ3v) is 10.5. The number of thioether (sulfide) groups is 1. The van der Waals surface area contributed by atoms with Crippen LogP contribution in [0.3, 0.4) is 0 Å². The van der Waals surface area contributed by atoms with Gasteiger partial charge >= 0.3 is 5.97 Å². The highest BCUT2D eigenvalue weighted by Gasteiger charge is 2.74. The average molecular weight is 570 g/mol. The lowest BCUT2D eigenvalue weighted by Gasteiger charge is -2.37. The number of allylic oxidation sites excluding steroid dienone is 1. The molecule has 1 N–H and O–H groups in total. The molecule has 0 aliphatic carbocycles. The van der Waals surface area contributed by atoms with E-state index >= 15 is 0 Å². The maximum Gasteiger partial charge on any atom is 0.310 e. The van der Waals surface area contributed by atoms with Crippen molar-refractivity contribution in [3.05, 3.63) is 49.6 Å². The van der Waals surface area contributed by atoms with E-state index in [0.717, 1.165) is 50.1 Å². The van der Waals surface area contributed by atoms with Gasteiger partial charge in [0.1, 0.15) is 6.04 Å². The molecule has 3 aliphatic rings. The van der Waals surface area contributed by atoms with E-state index in [9.17, 15) is 19.5 Å². The van der Waals surface area contributed by atoms with E-state index in [1.54, 1.807) is 22.7 Å². The molecule has 8 nitrogen and oxygen atoms in total. The van der Waals surface area contributed by atoms with Crippen molar-refractivity contribution in [3.8, 4) is 0 Å². The molecule has 4 rings (SSSR count). The second-order valence-electron chi connectivity index (χ2n) is 10.7. The van der Waals surface area contributed by atoms with Crippen molar-refractivity contribution in [2.24, 2.45) is 11.8 Å². The van der Waals surface area contributed by atoms with Crippen LogP contribution in [0, 0.1) is 11.8 Å². The van der Waals surface area contributed by atoms with Gasteiger partial charge in [0.25, 0.3) is 5.91 Å². The summed E-state index contributed by atoms with van der Waals surface area (Å²) in [6.45, 7) is 14.0. The highest BCUT2D eigenvalue weighted by Crippen LogP contribution is 2.66. The fourth-order valence-corrected chi connectivity index (χ4v) is 8.94. The summed E-state index contributed by atoms with van der Waals surface area (Å²) in [6, 6.07) is 7.11. The van der Waals surface area contributed by atoms with Crippen LogP contribution in [0.15, 0.2) is 49.6 Å². The predicted octanol–water partition coefficient (Wildman–Crippen LogP) is 4.03. The number of hydrogen-bond donors (Lipinski definition) is 1. The van der Waals surface area contributed by atoms with Crippen LogP contribution in [0.1, 0.15) is 46.0 Å². The summed E-state index contributed by atoms with van der Waals surface area (Å²) >= 11 is 1.61. The molecule has 9 heteroatoms. The molecular formula is C31H43N3O5S. The molecule has 1 aromatic carbocycles. The van der Waals surface area contributed by atoms with Gasteiger partial charge in [-0.05, 0) is 70.2 Å². The lowest BCUT2D eigenvalue weighted by Crippen LogP contribution is -2.55. The molecule has 3 aliphatic heterocycles. The van der Waals surface area contributed by atoms with Gasteiger partial charge in [-0.15, -0.1) is 24.9 Å². The highest BCUT2D eigenvalue weighted by molar-refractivity contribution is 8.02. The molecule has 0 saturated carbocycles. The van der Waals surface area contributed by atoms with Gasteiger partial charge in [0.2, 0.25) is 5.91 Å². The number of likely N-dealkylation sites (tertiary alicyclic amines) is 1. The number of carbonyl (C=O) groups is 3. The molecule has 0 radical (unpaired) electrons. The van der Waals surface area contributed by atoms with Crippen molar-refractivity contribution in [3.63, 3.8) is 0 Å². The number of aliphatic hydroxyl groups excluding tert-OH is 1. The molecule has 3 fully saturated rings. The van der Waals surface area contributed by atoms with Crippen molar-refractivity contribution in [1.29, 1.82) is 0 Å². The number of ether oxygens (including phenoxy) is 1. The minimum Gasteiger partial charge on any atom is -0.465 e. The first kappa shape index (κ1) is 30.2. The number of nitrogens with zero attached hydrogens (tertiary/aromatic N) is 3. The van der Waals surface area contributed by atoms with Crippen molar-refractivity contribution in [2.45, 2.75) is 62.0 Å². The molecule has 5 atom stereocenters. The number of hydrogen-bond acceptors (Lipinski definition) is 7. The van der Waals surface area contributed by atoms with Crippen LogP contribution in [-0.4, -0.2) is 83.2 Å². The Morgan fingerprint density at radius 3 is 2.48 bits per heavy atom. The Morgan fingerprint density at radius 2 is 1.85 bits per heavy atom. The topological polar surface area (TPSA) is 90.4 Å². The second-order valence-corrected chi connectivity index (χ2v) is 12.3. The van der Waals surface area contributed by atoms with Crippen molar-refractivity contribution in [2.75, 3.05) is 49.2 Å². The number of carbonyl (C=O) groups excluding carboxylic acids is 3. The summed E-state index contributed by atoms with van der Waals surface area (Å²) in [5.74, 6) is -1.99. The number of benzene rings is 1. The number of unbranched alkanes of at least 4 members (excludes halogenated alkanes) is 2. The Kier molecular flexibility index (Phi) is 10.0. The molecular weight excluding hydrogens is 526 g/mol. The fraction of sp³-hybridized carbons (Fsp3) is 0.581. The summed E-state index contributed by atoms with van der Waals surface area (Å²) in [5.41, 5.74) is 1.80. The van der Waals surface area contributed by atoms with Crippen LogP contribution in [-0.2, 0) is 19.1 Å². The van der Waals surface area contributed by atoms with E-state index < -0.39 is 22.6 Å². The van der Waals surface area contributed by atoms with Gasteiger partial charge in [-0.2, -0.15) is 0 Å². The normalized spacial score (nSPS) is 26.5. The van der Waals surface area contributed by atoms with E-state index in [1.165, 1.54) is 4.90 Å². The van der Waals surface area contributed by atoms with Gasteiger partial charge in [-0.3, -0.25) is 14.4 Å². The number of anilines is 2. The largest absolute Gasteiger partial charge is 0.465 e. The summed E-state index contributed by atoms with van der Waals surface area (Å²) < 4.78 is 4.93. The molecule has 40 heavy (non-hydrogen) atoms. The minimum atomic E-state index is -0.778. The Bertz CT molecular complexity index is 1090. The van der Waals surface area contributed by atoms with Gasteiger partial charge in [0.15, 0.2) is 0 Å². The number of fused-ring (bicyclic) bond motifs is 1. The van der Waals surface area contributed by atoms with Gasteiger partial charge in [0, 0.05) is 42.8 Å². The van der Waals surface area contributed by atoms with Crippen LogP contribution in [0.25, 0.3) is 0 Å². The highest BCUT2D eigenvalue weighted by atomic mass is 32.2. The van der Waals surface area contributed by atoms with Crippen molar-refractivity contribution < 1.29 is 24.2 Å². The summed E-state index contributed by atoms with van der Waals surface area (Å²) in [5, 5.41) is 9.83. The van der Waals surface area contributed by atoms with Crippen molar-refractivity contribution >= 4 is 40.9 Å². The standard InChI is InChI=1S/C31H43N3O5S/c1-5-9-10-11-21-39-30(38)25-24-16-17-31(40-24)26(25)28(36)34(19-20-35)27(31)29(37)33(18-6-2)23-14-12-22(13-15-23)32(7-3)8-4/h5-6,12-15,24-27,35H,1-2,7-11,16-21H2,3-4H3/t24-,25+,26+,27?,31?/m1/s1. The number of rotatable bonds is 15. The van der Waals surface area contributed by atoms with E-state index in [0.29, 0.717) is 13.0 Å². The lowest BCUT2D eigenvalue weighted by atomic mass is 9.71. The Balaban J connectivity index is 1.62. The maximum atomic E-state index is 14.4. The van der Waals surface area contributed by atoms with E-state index in [1.807, 2.05) is 30.3 Å². The fourth-order valence-electron chi connectivity index (χ4n) is 6.74. The Hall–Kier alpha value is -2.78. The number of amides is 2. The molecule has 2 unspecified atom stereocenters. The number of aliphatic hydroxyl groups is 1. The van der Waals surface area contributed by atoms with Crippen LogP contribution in [0.5, 0.6) is 0 Å². The van der Waals surface area contributed by atoms with Gasteiger partial charge < -0.3 is 24.5 Å². The maximum absolute atomic E-state index is 14.4. The van der Waals surface area contributed by atoms with Crippen LogP contribution in [0.4, 0.5) is 11.4 Å². The summed E-state index contributed by atoms with van der Waals surface area (Å²) in [4.78, 5) is 47.1. The smallest absolute Gasteiger partial charge is 0.310 e. The monoisotopic (exact) mass is 569 g/mol. The van der Waals surface area contributed by atoms with Gasteiger partial charge in [-0.25, -0.2) is 0 Å². The average Bonchev–Trinajstić information content (AvgIpc) is 3.60. The molecule has 2 amide bonds. The van der Waals surface area contributed by atoms with Crippen LogP contribution >= 0.6 is 11.8 Å². The molecule has 1 aromatic rings. The molecule has 3 heterocycles. The predicted molar refractivity (Wildman–Crippen MR) is 160 cm³/mol. The summed E-state index contributed by atoms with van der Waals surface area (Å²) in [7, 11) is 0. The van der Waals surface area contributed by atoms with E-state index in [2.05, 4.69) is 31.9 Å². The first-order valence-corrected chi connectivity index (χ1v) is 15.4. The second kappa shape index (κ2) is 13.3. The number of β-amino-alcohol motifs (C(OH)–C–C–N with tert-alkyl or cyclic N) is 1. The SMILES string of the molecule is C=CCCCCOC(=O)[C@@H]1[C@H]2C(=O)N(CCO)C(C(=O)N(CC=C)c3ccc(N(CC)CC)cc3)C23CC[C@H]1S3. The third kappa shape index (κ3) is 5.42. The minimum absolute atomic E-state index is 0.0465. The zero-order valence-electron chi connectivity index (χ0n) is 23.8. The first-order valence-electron chi connectivity index (χ1n) is 14.5. The third-order valence-electron chi connectivity index (χ3n) is 8.56. The Morgan fingerprint density at radius 1 is 1.15 bits per heavy atom. The molecule has 3 saturated heterocycles. The lowest BCUT2D eigenvalue weighted by molar-refractivity contribution is -0.154. The van der Waals surface area contributed by atoms with Crippen LogP contribution < -0.4 is 9.80 Å². The zero-order chi connectivity index (χ0) is 28.9. The number of esters is 1. The quantitative estimate of drug-likeness (QED) is 0.194.